The predicted octanol–water partition coefficient (Wildman–Crippen LogP) is 4.25. The molecule has 0 atom stereocenters. The molecule has 0 N–H and O–H groups in total. The van der Waals surface area contributed by atoms with Gasteiger partial charge in [0.05, 0.1) is 25.6 Å². The molecule has 1 aliphatic heterocycles. The van der Waals surface area contributed by atoms with Crippen molar-refractivity contribution in [2.45, 2.75) is 72.0 Å². The lowest BCUT2D eigenvalue weighted by atomic mass is 10.2. The number of thiophene rings is 2. The van der Waals surface area contributed by atoms with Gasteiger partial charge >= 0.3 is 0 Å². The Hall–Kier alpha value is 0.268. The second kappa shape index (κ2) is 5.64. The first-order chi connectivity index (χ1) is 11.5. The molecule has 0 spiro atoms. The Labute approximate surface area is 168 Å². The van der Waals surface area contributed by atoms with Crippen LogP contribution in [0.5, 0.6) is 0 Å². The summed E-state index contributed by atoms with van der Waals surface area (Å²) in [6, 6.07) is 0.905. The van der Waals surface area contributed by atoms with E-state index >= 15 is 0 Å². The zero-order valence-electron chi connectivity index (χ0n) is 18.8. The second-order valence-corrected chi connectivity index (χ2v) is 33.9. The van der Waals surface area contributed by atoms with E-state index in [4.69, 9.17) is 1.37 Å². The molecule has 1 aliphatic rings. The van der Waals surface area contributed by atoms with Crippen LogP contribution in [0.3, 0.4) is 0 Å². The van der Waals surface area contributed by atoms with Crippen molar-refractivity contribution >= 4 is 78.2 Å². The van der Waals surface area contributed by atoms with Crippen LogP contribution in [0.25, 0.3) is 11.1 Å². The Morgan fingerprint density at radius 3 is 1.76 bits per heavy atom. The molecule has 0 saturated heterocycles. The van der Waals surface area contributed by atoms with Crippen molar-refractivity contribution in [3.05, 3.63) is 6.04 Å². The Morgan fingerprint density at radius 2 is 1.32 bits per heavy atom. The van der Waals surface area contributed by atoms with Crippen LogP contribution in [0.4, 0.5) is 0 Å². The zero-order chi connectivity index (χ0) is 20.0. The normalized spacial score (nSPS) is 17.5. The van der Waals surface area contributed by atoms with Gasteiger partial charge in [0.25, 0.3) is 0 Å². The number of hydrogen-bond donors (Lipinski definition) is 0. The highest BCUT2D eigenvalue weighted by molar-refractivity contribution is 7.43. The van der Waals surface area contributed by atoms with Gasteiger partial charge in [-0.05, 0) is 35.9 Å². The highest BCUT2D eigenvalue weighted by atomic mass is 32.1. The Bertz CT molecular complexity index is 887. The summed E-state index contributed by atoms with van der Waals surface area (Å²) in [7, 11) is -6.00. The maximum atomic E-state index is 9.14. The van der Waals surface area contributed by atoms with Gasteiger partial charge in [-0.15, -0.1) is 0 Å². The van der Waals surface area contributed by atoms with Crippen molar-refractivity contribution < 1.29 is 1.37 Å². The molecule has 0 fully saturated rings. The third-order valence-electron chi connectivity index (χ3n) is 5.06. The Balaban J connectivity index is 2.47. The smallest absolute Gasteiger partial charge is 0.127 e. The molecule has 0 amide bonds. The van der Waals surface area contributed by atoms with E-state index < -0.39 is 32.3 Å². The maximum Gasteiger partial charge on any atom is 0.127 e. The summed E-state index contributed by atoms with van der Waals surface area (Å²) >= 11 is 4.19. The lowest BCUT2D eigenvalue weighted by Crippen LogP contribution is -2.58. The standard InChI is InChI=1S/C19H34S2Si4/c1-22(2,3)14-12-13-15-16(25(10,11)17(13)20-14)19(24(7,8)9)21-18(15)23(4,5)6/h12H,1-11H3/i12D. The van der Waals surface area contributed by atoms with Crippen LogP contribution < -0.4 is 23.2 Å². The minimum atomic E-state index is -1.70. The van der Waals surface area contributed by atoms with Gasteiger partial charge in [0.1, 0.15) is 8.07 Å². The Kier molecular flexibility index (Phi) is 4.20. The van der Waals surface area contributed by atoms with Crippen molar-refractivity contribution in [1.29, 1.82) is 0 Å². The van der Waals surface area contributed by atoms with E-state index in [0.717, 1.165) is 6.04 Å². The lowest BCUT2D eigenvalue weighted by Gasteiger charge is -2.24. The first kappa shape index (κ1) is 18.6. The van der Waals surface area contributed by atoms with Gasteiger partial charge in [0.15, 0.2) is 0 Å². The maximum absolute atomic E-state index is 9.14. The molecule has 0 nitrogen and oxygen atoms in total. The fraction of sp³-hybridized carbons (Fsp3) is 0.579. The van der Waals surface area contributed by atoms with Gasteiger partial charge in [0, 0.05) is 4.50 Å². The number of hydrogen-bond acceptors (Lipinski definition) is 2. The minimum Gasteiger partial charge on any atom is -0.154 e. The van der Waals surface area contributed by atoms with Gasteiger partial charge in [-0.25, -0.2) is 0 Å². The van der Waals surface area contributed by atoms with Gasteiger partial charge in [0.2, 0.25) is 0 Å². The van der Waals surface area contributed by atoms with Crippen LogP contribution in [0.2, 0.25) is 72.0 Å². The summed E-state index contributed by atoms with van der Waals surface area (Å²) in [6.45, 7) is 27.4. The first-order valence-electron chi connectivity index (χ1n) is 9.82. The molecule has 2 aromatic heterocycles. The van der Waals surface area contributed by atoms with E-state index in [1.54, 1.807) is 24.3 Å². The zero-order valence-corrected chi connectivity index (χ0v) is 23.4. The fourth-order valence-electron chi connectivity index (χ4n) is 3.74. The van der Waals surface area contributed by atoms with Crippen LogP contribution in [0.15, 0.2) is 6.04 Å². The van der Waals surface area contributed by atoms with Crippen LogP contribution in [-0.4, -0.2) is 32.3 Å². The first-order valence-corrected chi connectivity index (χ1v) is 24.4. The van der Waals surface area contributed by atoms with E-state index in [0.29, 0.717) is 0 Å². The number of fused-ring (bicyclic) bond motifs is 3. The second-order valence-electron chi connectivity index (χ2n) is 11.1. The highest BCUT2D eigenvalue weighted by Crippen LogP contribution is 2.34. The molecule has 6 heteroatoms. The van der Waals surface area contributed by atoms with Crippen LogP contribution >= 0.6 is 22.7 Å². The van der Waals surface area contributed by atoms with E-state index in [1.165, 1.54) is 10.1 Å². The largest absolute Gasteiger partial charge is 0.154 e. The van der Waals surface area contributed by atoms with E-state index in [9.17, 15) is 0 Å². The fourth-order valence-corrected chi connectivity index (χ4v) is 20.0. The quantitative estimate of drug-likeness (QED) is 0.627. The van der Waals surface area contributed by atoms with Crippen molar-refractivity contribution in [1.82, 2.24) is 0 Å². The van der Waals surface area contributed by atoms with Crippen molar-refractivity contribution in [3.63, 3.8) is 0 Å². The summed E-state index contributed by atoms with van der Waals surface area (Å²) in [5.41, 5.74) is 2.96. The SMILES string of the molecule is [2H]c1c([Si](C)(C)C)sc2c1-c1c([Si](C)(C)C)sc([Si](C)(C)C)c1[Si]2(C)C. The van der Waals surface area contributed by atoms with Gasteiger partial charge < -0.3 is 0 Å². The summed E-state index contributed by atoms with van der Waals surface area (Å²) in [5.74, 6) is 0. The molecule has 0 aromatic carbocycles. The molecule has 0 saturated carbocycles. The van der Waals surface area contributed by atoms with E-state index in [1.807, 2.05) is 11.3 Å². The molecular formula is C19H34S2Si4. The van der Waals surface area contributed by atoms with Crippen LogP contribution in [-0.2, 0) is 0 Å². The highest BCUT2D eigenvalue weighted by Gasteiger charge is 2.48. The molecular weight excluding hydrogens is 405 g/mol. The molecule has 138 valence electrons. The van der Waals surface area contributed by atoms with Crippen molar-refractivity contribution in [3.8, 4) is 11.1 Å². The minimum absolute atomic E-state index is 0.905. The molecule has 0 bridgehead atoms. The van der Waals surface area contributed by atoms with Crippen LogP contribution in [0, 0.1) is 0 Å². The molecule has 0 radical (unpaired) electrons. The van der Waals surface area contributed by atoms with Gasteiger partial charge in [-0.2, -0.15) is 22.7 Å². The summed E-state index contributed by atoms with van der Waals surface area (Å²) < 4.78 is 15.6. The summed E-state index contributed by atoms with van der Waals surface area (Å²) in [4.78, 5) is 0. The van der Waals surface area contributed by atoms with Gasteiger partial charge in [-0.1, -0.05) is 72.0 Å². The third-order valence-corrected chi connectivity index (χ3v) is 23.1. The molecule has 0 aliphatic carbocycles. The average molecular weight is 440 g/mol. The van der Waals surface area contributed by atoms with Gasteiger partial charge in [-0.3, -0.25) is 0 Å². The monoisotopic (exact) mass is 439 g/mol. The molecule has 25 heavy (non-hydrogen) atoms. The Morgan fingerprint density at radius 1 is 0.800 bits per heavy atom. The van der Waals surface area contributed by atoms with Crippen molar-refractivity contribution in [2.24, 2.45) is 0 Å². The predicted molar refractivity (Wildman–Crippen MR) is 133 cm³/mol. The molecule has 3 heterocycles. The molecule has 0 unspecified atom stereocenters. The molecule has 3 rings (SSSR count). The summed E-state index contributed by atoms with van der Waals surface area (Å²) in [5, 5.41) is 1.75. The van der Waals surface area contributed by atoms with Crippen LogP contribution in [0.1, 0.15) is 1.37 Å². The average Bonchev–Trinajstić information content (AvgIpc) is 2.99. The van der Waals surface area contributed by atoms with E-state index in [-0.39, 0.29) is 0 Å². The topological polar surface area (TPSA) is 0 Å². The van der Waals surface area contributed by atoms with E-state index in [2.05, 4.69) is 83.4 Å². The lowest BCUT2D eigenvalue weighted by molar-refractivity contribution is 1.77. The molecule has 2 aromatic rings. The summed E-state index contributed by atoms with van der Waals surface area (Å²) in [6.07, 6.45) is 0. The van der Waals surface area contributed by atoms with Crippen molar-refractivity contribution in [2.75, 3.05) is 0 Å². The number of rotatable bonds is 3. The third kappa shape index (κ3) is 3.10.